The van der Waals surface area contributed by atoms with Crippen LogP contribution in [0.1, 0.15) is 11.1 Å². The number of nitrogens with one attached hydrogen (secondary N) is 1. The van der Waals surface area contributed by atoms with Crippen molar-refractivity contribution in [2.24, 2.45) is 5.92 Å². The Balaban J connectivity index is 1.88. The molecule has 1 aliphatic heterocycles. The van der Waals surface area contributed by atoms with Gasteiger partial charge in [-0.1, -0.05) is 6.07 Å². The Hall–Kier alpha value is -1.50. The minimum atomic E-state index is -0.292. The third kappa shape index (κ3) is 4.73. The lowest BCUT2D eigenvalue weighted by molar-refractivity contribution is -0.147. The summed E-state index contributed by atoms with van der Waals surface area (Å²) in [5, 5.41) is 2.90. The summed E-state index contributed by atoms with van der Waals surface area (Å²) in [5.41, 5.74) is 1.59. The zero-order valence-corrected chi connectivity index (χ0v) is 13.8. The monoisotopic (exact) mass is 325 g/mol. The lowest BCUT2D eigenvalue weighted by Gasteiger charge is -2.36. The van der Waals surface area contributed by atoms with E-state index in [0.717, 1.165) is 11.1 Å². The fourth-order valence-corrected chi connectivity index (χ4v) is 2.89. The van der Waals surface area contributed by atoms with Gasteiger partial charge in [0.2, 0.25) is 5.91 Å². The van der Waals surface area contributed by atoms with Crippen LogP contribution in [-0.4, -0.2) is 52.1 Å². The maximum absolute atomic E-state index is 13.1. The fraction of sp³-hybridized carbons (Fsp3) is 0.588. The van der Waals surface area contributed by atoms with Crippen LogP contribution < -0.4 is 5.32 Å². The number of hydrogen-bond acceptors (Lipinski definition) is 4. The van der Waals surface area contributed by atoms with Gasteiger partial charge in [0.25, 0.3) is 0 Å². The van der Waals surface area contributed by atoms with Gasteiger partial charge in [-0.25, -0.2) is 4.39 Å². The highest BCUT2D eigenvalue weighted by Crippen LogP contribution is 2.20. The van der Waals surface area contributed by atoms with Crippen LogP contribution >= 0.6 is 0 Å². The Morgan fingerprint density at radius 2 is 2.13 bits per heavy atom. The highest BCUT2D eigenvalue weighted by atomic mass is 19.1. The van der Waals surface area contributed by atoms with E-state index in [1.807, 2.05) is 0 Å². The van der Waals surface area contributed by atoms with Gasteiger partial charge < -0.3 is 19.5 Å². The summed E-state index contributed by atoms with van der Waals surface area (Å²) >= 11 is 0. The van der Waals surface area contributed by atoms with Crippen molar-refractivity contribution >= 4 is 5.91 Å². The van der Waals surface area contributed by atoms with Crippen molar-refractivity contribution in [2.75, 3.05) is 34.0 Å². The summed E-state index contributed by atoms with van der Waals surface area (Å²) in [4.78, 5) is 12.1. The van der Waals surface area contributed by atoms with Gasteiger partial charge in [0.05, 0.1) is 25.7 Å². The number of halogens is 1. The molecule has 1 amide bonds. The molecule has 0 aromatic heterocycles. The molecule has 1 aromatic carbocycles. The van der Waals surface area contributed by atoms with Crippen LogP contribution in [0.15, 0.2) is 18.2 Å². The van der Waals surface area contributed by atoms with Crippen molar-refractivity contribution in [3.05, 3.63) is 35.1 Å². The molecule has 1 aliphatic rings. The highest BCUT2D eigenvalue weighted by molar-refractivity contribution is 5.78. The average molecular weight is 325 g/mol. The minimum absolute atomic E-state index is 0.0389. The van der Waals surface area contributed by atoms with Gasteiger partial charge >= 0.3 is 0 Å². The van der Waals surface area contributed by atoms with E-state index in [4.69, 9.17) is 14.2 Å². The molecule has 0 aliphatic carbocycles. The molecule has 128 valence electrons. The summed E-state index contributed by atoms with van der Waals surface area (Å²) in [7, 11) is 3.26. The standard InChI is InChI=1S/C17H24FNO4/c1-11-6-14(18)5-4-12(11)7-16(20)19-8-13-9-23-10-15(21-2)17(13)22-3/h4-6,13,15,17H,7-10H2,1-3H3,(H,19,20)/t13-,15-,17+/m1/s1. The smallest absolute Gasteiger partial charge is 0.224 e. The van der Waals surface area contributed by atoms with Crippen molar-refractivity contribution in [1.29, 1.82) is 0 Å². The normalized spacial score (nSPS) is 24.4. The molecule has 2 rings (SSSR count). The molecule has 1 heterocycles. The Morgan fingerprint density at radius 1 is 1.35 bits per heavy atom. The molecule has 0 bridgehead atoms. The van der Waals surface area contributed by atoms with Gasteiger partial charge in [-0.2, -0.15) is 0 Å². The third-order valence-electron chi connectivity index (χ3n) is 4.24. The molecule has 0 saturated carbocycles. The molecule has 3 atom stereocenters. The molecule has 6 heteroatoms. The first-order valence-corrected chi connectivity index (χ1v) is 7.70. The van der Waals surface area contributed by atoms with Crippen LogP contribution in [0.2, 0.25) is 0 Å². The quantitative estimate of drug-likeness (QED) is 0.860. The van der Waals surface area contributed by atoms with Crippen LogP contribution in [0.4, 0.5) is 4.39 Å². The van der Waals surface area contributed by atoms with E-state index < -0.39 is 0 Å². The van der Waals surface area contributed by atoms with E-state index >= 15 is 0 Å². The lowest BCUT2D eigenvalue weighted by atomic mass is 9.96. The van der Waals surface area contributed by atoms with Crippen LogP contribution in [0.5, 0.6) is 0 Å². The zero-order valence-electron chi connectivity index (χ0n) is 13.8. The zero-order chi connectivity index (χ0) is 16.8. The molecule has 5 nitrogen and oxygen atoms in total. The van der Waals surface area contributed by atoms with E-state index in [-0.39, 0.29) is 36.3 Å². The van der Waals surface area contributed by atoms with E-state index in [1.165, 1.54) is 12.1 Å². The molecular weight excluding hydrogens is 301 g/mol. The molecular formula is C17H24FNO4. The number of rotatable bonds is 6. The molecule has 1 fully saturated rings. The molecule has 0 spiro atoms. The Bertz CT molecular complexity index is 537. The second kappa shape index (κ2) is 8.38. The molecule has 1 N–H and O–H groups in total. The second-order valence-corrected chi connectivity index (χ2v) is 5.82. The Morgan fingerprint density at radius 3 is 2.78 bits per heavy atom. The number of ether oxygens (including phenoxy) is 3. The maximum Gasteiger partial charge on any atom is 0.224 e. The maximum atomic E-state index is 13.1. The number of methoxy groups -OCH3 is 2. The topological polar surface area (TPSA) is 56.8 Å². The first-order chi connectivity index (χ1) is 11.0. The number of benzene rings is 1. The predicted octanol–water partition coefficient (Wildman–Crippen LogP) is 1.47. The van der Waals surface area contributed by atoms with Crippen LogP contribution in [0.3, 0.4) is 0 Å². The van der Waals surface area contributed by atoms with Gasteiger partial charge in [-0.3, -0.25) is 4.79 Å². The van der Waals surface area contributed by atoms with Crippen LogP contribution in [0, 0.1) is 18.7 Å². The van der Waals surface area contributed by atoms with E-state index in [2.05, 4.69) is 5.32 Å². The van der Waals surface area contributed by atoms with Gasteiger partial charge in [0.1, 0.15) is 11.9 Å². The summed E-state index contributed by atoms with van der Waals surface area (Å²) in [6, 6.07) is 4.45. The third-order valence-corrected chi connectivity index (χ3v) is 4.24. The minimum Gasteiger partial charge on any atom is -0.378 e. The molecule has 1 aromatic rings. The van der Waals surface area contributed by atoms with Gasteiger partial charge in [-0.05, 0) is 30.2 Å². The summed E-state index contributed by atoms with van der Waals surface area (Å²) in [5.74, 6) is -0.356. The predicted molar refractivity (Wildman–Crippen MR) is 83.8 cm³/mol. The lowest BCUT2D eigenvalue weighted by Crippen LogP contribution is -2.50. The van der Waals surface area contributed by atoms with Gasteiger partial charge in [0, 0.05) is 26.7 Å². The number of carbonyl (C=O) groups excluding carboxylic acids is 1. The van der Waals surface area contributed by atoms with Crippen molar-refractivity contribution in [3.63, 3.8) is 0 Å². The van der Waals surface area contributed by atoms with Crippen molar-refractivity contribution in [1.82, 2.24) is 5.32 Å². The fourth-order valence-electron chi connectivity index (χ4n) is 2.89. The summed E-state index contributed by atoms with van der Waals surface area (Å²) in [6.07, 6.45) is -0.0120. The van der Waals surface area contributed by atoms with Crippen molar-refractivity contribution < 1.29 is 23.4 Å². The SMILES string of the molecule is CO[C@H]1[C@H](CNC(=O)Cc2ccc(F)cc2C)COC[C@H]1OC. The van der Waals surface area contributed by atoms with Crippen molar-refractivity contribution in [3.8, 4) is 0 Å². The molecule has 23 heavy (non-hydrogen) atoms. The molecule has 0 unspecified atom stereocenters. The van der Waals surface area contributed by atoms with E-state index in [0.29, 0.717) is 19.8 Å². The largest absolute Gasteiger partial charge is 0.378 e. The second-order valence-electron chi connectivity index (χ2n) is 5.82. The highest BCUT2D eigenvalue weighted by Gasteiger charge is 2.34. The summed E-state index contributed by atoms with van der Waals surface area (Å²) in [6.45, 7) is 3.27. The molecule has 0 radical (unpaired) electrons. The van der Waals surface area contributed by atoms with Crippen molar-refractivity contribution in [2.45, 2.75) is 25.6 Å². The van der Waals surface area contributed by atoms with E-state index in [1.54, 1.807) is 27.2 Å². The van der Waals surface area contributed by atoms with E-state index in [9.17, 15) is 9.18 Å². The first-order valence-electron chi connectivity index (χ1n) is 7.70. The van der Waals surface area contributed by atoms with Gasteiger partial charge in [0.15, 0.2) is 0 Å². The number of aryl methyl sites for hydroxylation is 1. The Kier molecular flexibility index (Phi) is 6.50. The Labute approximate surface area is 136 Å². The molecule has 1 saturated heterocycles. The van der Waals surface area contributed by atoms with Crippen LogP contribution in [0.25, 0.3) is 0 Å². The van der Waals surface area contributed by atoms with Crippen LogP contribution in [-0.2, 0) is 25.4 Å². The number of amides is 1. The number of hydrogen-bond donors (Lipinski definition) is 1. The number of carbonyl (C=O) groups is 1. The van der Waals surface area contributed by atoms with Gasteiger partial charge in [-0.15, -0.1) is 0 Å². The average Bonchev–Trinajstić information content (AvgIpc) is 2.55. The first kappa shape index (κ1) is 17.8. The summed E-state index contributed by atoms with van der Waals surface area (Å²) < 4.78 is 29.4.